The topological polar surface area (TPSA) is 55.4 Å². The molecule has 0 aromatic heterocycles. The minimum absolute atomic E-state index is 0.109. The van der Waals surface area contributed by atoms with E-state index < -0.39 is 29.6 Å². The van der Waals surface area contributed by atoms with E-state index in [-0.39, 0.29) is 16.3 Å². The number of carbonyl (C=O) groups is 2. The van der Waals surface area contributed by atoms with Crippen LogP contribution in [0.5, 0.6) is 0 Å². The van der Waals surface area contributed by atoms with Crippen molar-refractivity contribution in [3.05, 3.63) is 63.1 Å². The van der Waals surface area contributed by atoms with E-state index in [2.05, 4.69) is 21.2 Å². The summed E-state index contributed by atoms with van der Waals surface area (Å²) >= 11 is 8.68. The van der Waals surface area contributed by atoms with Gasteiger partial charge in [-0.15, -0.1) is 0 Å². The van der Waals surface area contributed by atoms with Crippen molar-refractivity contribution in [3.63, 3.8) is 0 Å². The van der Waals surface area contributed by atoms with Crippen LogP contribution in [-0.4, -0.2) is 18.0 Å². The molecule has 4 nitrogen and oxygen atoms in total. The molecule has 1 amide bonds. The number of benzene rings is 2. The van der Waals surface area contributed by atoms with Crippen molar-refractivity contribution >= 4 is 45.1 Å². The molecule has 0 radical (unpaired) electrons. The van der Waals surface area contributed by atoms with Crippen LogP contribution < -0.4 is 5.32 Å². The van der Waals surface area contributed by atoms with Gasteiger partial charge in [0.1, 0.15) is 11.6 Å². The normalized spacial score (nSPS) is 11.7. The monoisotopic (exact) mass is 417 g/mol. The highest BCUT2D eigenvalue weighted by Crippen LogP contribution is 2.20. The molecule has 0 fully saturated rings. The molecule has 0 aliphatic heterocycles. The number of amides is 1. The highest BCUT2D eigenvalue weighted by Gasteiger charge is 2.22. The first-order valence-electron chi connectivity index (χ1n) is 6.70. The number of rotatable bonds is 4. The number of hydrogen-bond acceptors (Lipinski definition) is 3. The molecule has 1 atom stereocenters. The molecule has 1 N–H and O–H groups in total. The van der Waals surface area contributed by atoms with Crippen molar-refractivity contribution in [3.8, 4) is 0 Å². The van der Waals surface area contributed by atoms with Crippen molar-refractivity contribution in [1.82, 2.24) is 0 Å². The maximum atomic E-state index is 13.7. The molecule has 2 aromatic rings. The average molecular weight is 419 g/mol. The predicted octanol–water partition coefficient (Wildman–Crippen LogP) is 4.56. The number of ether oxygens (including phenoxy) is 1. The first-order chi connectivity index (χ1) is 11.3. The van der Waals surface area contributed by atoms with Crippen LogP contribution in [0, 0.1) is 11.6 Å². The lowest BCUT2D eigenvalue weighted by atomic mass is 10.2. The smallest absolute Gasteiger partial charge is 0.341 e. The van der Waals surface area contributed by atoms with E-state index in [0.29, 0.717) is 4.47 Å². The molecule has 2 rings (SSSR count). The van der Waals surface area contributed by atoms with Gasteiger partial charge in [-0.2, -0.15) is 0 Å². The van der Waals surface area contributed by atoms with E-state index in [1.165, 1.54) is 31.2 Å². The predicted molar refractivity (Wildman–Crippen MR) is 89.0 cm³/mol. The van der Waals surface area contributed by atoms with Gasteiger partial charge in [0, 0.05) is 9.50 Å². The summed E-state index contributed by atoms with van der Waals surface area (Å²) in [5.41, 5.74) is -0.419. The number of nitrogens with one attached hydrogen (secondary N) is 1. The fourth-order valence-corrected chi connectivity index (χ4v) is 2.25. The van der Waals surface area contributed by atoms with Gasteiger partial charge in [-0.1, -0.05) is 27.5 Å². The third kappa shape index (κ3) is 4.52. The van der Waals surface area contributed by atoms with Crippen LogP contribution >= 0.6 is 27.5 Å². The lowest BCUT2D eigenvalue weighted by Crippen LogP contribution is -2.30. The Kier molecular flexibility index (Phi) is 5.90. The summed E-state index contributed by atoms with van der Waals surface area (Å²) < 4.78 is 32.7. The zero-order chi connectivity index (χ0) is 17.9. The minimum atomic E-state index is -1.25. The molecule has 0 aliphatic carbocycles. The lowest BCUT2D eigenvalue weighted by molar-refractivity contribution is -0.123. The summed E-state index contributed by atoms with van der Waals surface area (Å²) in [6, 6.07) is 7.50. The maximum Gasteiger partial charge on any atom is 0.341 e. The Bertz CT molecular complexity index is 801. The van der Waals surface area contributed by atoms with Gasteiger partial charge in [-0.3, -0.25) is 4.79 Å². The summed E-state index contributed by atoms with van der Waals surface area (Å²) in [5, 5.41) is 2.44. The Hall–Kier alpha value is -1.99. The second kappa shape index (κ2) is 7.72. The van der Waals surface area contributed by atoms with Gasteiger partial charge in [0.05, 0.1) is 11.3 Å². The number of carbonyl (C=O) groups excluding carboxylic acids is 2. The van der Waals surface area contributed by atoms with Crippen molar-refractivity contribution in [2.75, 3.05) is 5.32 Å². The van der Waals surface area contributed by atoms with Crippen LogP contribution in [0.1, 0.15) is 17.3 Å². The quantitative estimate of drug-likeness (QED) is 0.740. The molecular weight excluding hydrogens is 408 g/mol. The molecule has 24 heavy (non-hydrogen) atoms. The number of hydrogen-bond donors (Lipinski definition) is 1. The highest BCUT2D eigenvalue weighted by atomic mass is 79.9. The molecule has 1 unspecified atom stereocenters. The van der Waals surface area contributed by atoms with Gasteiger partial charge in [-0.05, 0) is 43.3 Å². The summed E-state index contributed by atoms with van der Waals surface area (Å²) in [5.74, 6) is -3.28. The molecule has 0 saturated heterocycles. The zero-order valence-corrected chi connectivity index (χ0v) is 14.6. The van der Waals surface area contributed by atoms with E-state index in [4.69, 9.17) is 16.3 Å². The Labute approximate surface area is 149 Å². The van der Waals surface area contributed by atoms with Crippen LogP contribution in [-0.2, 0) is 9.53 Å². The molecule has 0 aliphatic rings. The maximum absolute atomic E-state index is 13.7. The van der Waals surface area contributed by atoms with Crippen molar-refractivity contribution in [1.29, 1.82) is 0 Å². The Morgan fingerprint density at radius 1 is 1.17 bits per heavy atom. The van der Waals surface area contributed by atoms with Gasteiger partial charge in [0.2, 0.25) is 0 Å². The van der Waals surface area contributed by atoms with Crippen LogP contribution in [0.4, 0.5) is 14.5 Å². The van der Waals surface area contributed by atoms with Crippen LogP contribution in [0.25, 0.3) is 0 Å². The summed E-state index contributed by atoms with van der Waals surface area (Å²) in [7, 11) is 0. The summed E-state index contributed by atoms with van der Waals surface area (Å²) in [6.07, 6.45) is -1.25. The first-order valence-corrected chi connectivity index (χ1v) is 7.87. The Morgan fingerprint density at radius 3 is 2.50 bits per heavy atom. The third-order valence-corrected chi connectivity index (χ3v) is 3.72. The van der Waals surface area contributed by atoms with Crippen molar-refractivity contribution < 1.29 is 23.1 Å². The number of halogens is 4. The van der Waals surface area contributed by atoms with Gasteiger partial charge in [0.25, 0.3) is 5.91 Å². The highest BCUT2D eigenvalue weighted by molar-refractivity contribution is 9.10. The molecular formula is C16H11BrClF2NO3. The van der Waals surface area contributed by atoms with E-state index in [0.717, 1.165) is 12.1 Å². The molecule has 0 heterocycles. The lowest BCUT2D eigenvalue weighted by Gasteiger charge is -2.14. The SMILES string of the molecule is CC(OC(=O)c1ccc(Br)cc1F)C(=O)Nc1ccc(Cl)cc1F. The van der Waals surface area contributed by atoms with Crippen LogP contribution in [0.15, 0.2) is 40.9 Å². The molecule has 0 spiro atoms. The molecule has 126 valence electrons. The Morgan fingerprint density at radius 2 is 1.88 bits per heavy atom. The zero-order valence-electron chi connectivity index (χ0n) is 12.3. The van der Waals surface area contributed by atoms with Crippen molar-refractivity contribution in [2.45, 2.75) is 13.0 Å². The number of anilines is 1. The Balaban J connectivity index is 2.04. The number of esters is 1. The fraction of sp³-hybridized carbons (Fsp3) is 0.125. The molecule has 8 heteroatoms. The largest absolute Gasteiger partial charge is 0.449 e. The van der Waals surface area contributed by atoms with Gasteiger partial charge in [-0.25, -0.2) is 13.6 Å². The van der Waals surface area contributed by atoms with Crippen LogP contribution in [0.2, 0.25) is 5.02 Å². The van der Waals surface area contributed by atoms with E-state index in [1.54, 1.807) is 0 Å². The van der Waals surface area contributed by atoms with Crippen molar-refractivity contribution in [2.24, 2.45) is 0 Å². The van der Waals surface area contributed by atoms with Gasteiger partial charge >= 0.3 is 5.97 Å². The van der Waals surface area contributed by atoms with Gasteiger partial charge < -0.3 is 10.1 Å². The third-order valence-electron chi connectivity index (χ3n) is 2.99. The average Bonchev–Trinajstić information content (AvgIpc) is 2.49. The summed E-state index contributed by atoms with van der Waals surface area (Å²) in [6.45, 7) is 1.29. The minimum Gasteiger partial charge on any atom is -0.449 e. The van der Waals surface area contributed by atoms with Gasteiger partial charge in [0.15, 0.2) is 6.10 Å². The second-order valence-electron chi connectivity index (χ2n) is 4.79. The van der Waals surface area contributed by atoms with E-state index >= 15 is 0 Å². The molecule has 0 bridgehead atoms. The molecule has 0 saturated carbocycles. The van der Waals surface area contributed by atoms with E-state index in [1.807, 2.05) is 0 Å². The fourth-order valence-electron chi connectivity index (χ4n) is 1.76. The molecule has 2 aromatic carbocycles. The van der Waals surface area contributed by atoms with E-state index in [9.17, 15) is 18.4 Å². The first kappa shape index (κ1) is 18.4. The summed E-state index contributed by atoms with van der Waals surface area (Å²) in [4.78, 5) is 23.9. The van der Waals surface area contributed by atoms with Crippen LogP contribution in [0.3, 0.4) is 0 Å². The second-order valence-corrected chi connectivity index (χ2v) is 6.14. The standard InChI is InChI=1S/C16H11BrClF2NO3/c1-8(15(22)21-14-5-3-10(18)7-13(14)20)24-16(23)11-4-2-9(17)6-12(11)19/h2-8H,1H3,(H,21,22).